The van der Waals surface area contributed by atoms with Crippen molar-refractivity contribution in [1.82, 2.24) is 9.55 Å². The lowest BCUT2D eigenvalue weighted by atomic mass is 10.0. The van der Waals surface area contributed by atoms with Crippen LogP contribution in [0.3, 0.4) is 0 Å². The molecule has 0 fully saturated rings. The molecule has 138 valence electrons. The first-order chi connectivity index (χ1) is 13.1. The highest BCUT2D eigenvalue weighted by atomic mass is 16.7. The van der Waals surface area contributed by atoms with Crippen LogP contribution in [0.4, 0.5) is 0 Å². The third-order valence-electron chi connectivity index (χ3n) is 4.76. The second-order valence-corrected chi connectivity index (χ2v) is 6.76. The van der Waals surface area contributed by atoms with Crippen LogP contribution in [-0.2, 0) is 0 Å². The van der Waals surface area contributed by atoms with E-state index < -0.39 is 0 Å². The van der Waals surface area contributed by atoms with Crippen LogP contribution in [0.1, 0.15) is 19.9 Å². The number of fused-ring (bicyclic) bond motifs is 4. The molecule has 2 aromatic carbocycles. The van der Waals surface area contributed by atoms with Crippen molar-refractivity contribution in [2.75, 3.05) is 20.0 Å². The predicted molar refractivity (Wildman–Crippen MR) is 98.9 cm³/mol. The molecule has 0 bridgehead atoms. The zero-order valence-electron chi connectivity index (χ0n) is 15.0. The highest BCUT2D eigenvalue weighted by Crippen LogP contribution is 2.43. The molecule has 0 N–H and O–H groups in total. The highest BCUT2D eigenvalue weighted by Gasteiger charge is 2.24. The van der Waals surface area contributed by atoms with Crippen molar-refractivity contribution >= 4 is 10.9 Å². The molecule has 7 heteroatoms. The Balaban J connectivity index is 1.86. The lowest BCUT2D eigenvalue weighted by molar-refractivity contribution is 0.174. The van der Waals surface area contributed by atoms with Crippen molar-refractivity contribution in [3.8, 4) is 34.3 Å². The quantitative estimate of drug-likeness (QED) is 0.694. The predicted octanol–water partition coefficient (Wildman–Crippen LogP) is 3.14. The van der Waals surface area contributed by atoms with Crippen molar-refractivity contribution < 1.29 is 18.9 Å². The third-order valence-corrected chi connectivity index (χ3v) is 4.76. The fraction of sp³-hybridized carbons (Fsp3) is 0.300. The maximum atomic E-state index is 12.8. The van der Waals surface area contributed by atoms with Crippen molar-refractivity contribution in [3.63, 3.8) is 0 Å². The average molecular weight is 366 g/mol. The Morgan fingerprint density at radius 1 is 0.963 bits per heavy atom. The molecule has 1 aromatic heterocycles. The third kappa shape index (κ3) is 2.42. The van der Waals surface area contributed by atoms with Crippen LogP contribution < -0.4 is 24.6 Å². The molecule has 0 atom stereocenters. The Kier molecular flexibility index (Phi) is 3.50. The van der Waals surface area contributed by atoms with Crippen LogP contribution in [0.5, 0.6) is 23.0 Å². The van der Waals surface area contributed by atoms with Gasteiger partial charge in [0.05, 0.1) is 16.6 Å². The van der Waals surface area contributed by atoms with Gasteiger partial charge in [0, 0.05) is 11.6 Å². The normalized spacial score (nSPS) is 14.8. The van der Waals surface area contributed by atoms with Crippen LogP contribution >= 0.6 is 0 Å². The van der Waals surface area contributed by atoms with Crippen molar-refractivity contribution in [3.05, 3.63) is 40.8 Å². The van der Waals surface area contributed by atoms with E-state index in [1.165, 1.54) is 0 Å². The van der Waals surface area contributed by atoms with E-state index in [9.17, 15) is 4.79 Å². The molecule has 0 unspecified atom stereocenters. The fourth-order valence-corrected chi connectivity index (χ4v) is 3.60. The summed E-state index contributed by atoms with van der Waals surface area (Å²) >= 11 is 0. The summed E-state index contributed by atoms with van der Waals surface area (Å²) in [5.74, 6) is 2.59. The standard InChI is InChI=1S/C20H18N2O5/c1-11(2)22-13-4-6-15-19(25-8-7-24-15)17(13)18(21-20(22)23)12-3-5-14-16(9-12)27-10-26-14/h3-6,9,11H,7-8,10H2,1-2H3. The largest absolute Gasteiger partial charge is 0.486 e. The molecule has 0 saturated heterocycles. The molecule has 0 aliphatic carbocycles. The minimum Gasteiger partial charge on any atom is -0.486 e. The van der Waals surface area contributed by atoms with Gasteiger partial charge >= 0.3 is 5.69 Å². The minimum absolute atomic E-state index is 0.0409. The van der Waals surface area contributed by atoms with Gasteiger partial charge < -0.3 is 18.9 Å². The van der Waals surface area contributed by atoms with Gasteiger partial charge in [0.25, 0.3) is 0 Å². The summed E-state index contributed by atoms with van der Waals surface area (Å²) in [6, 6.07) is 9.23. The molecule has 3 heterocycles. The van der Waals surface area contributed by atoms with Gasteiger partial charge in [-0.25, -0.2) is 4.79 Å². The molecule has 5 rings (SSSR count). The molecule has 27 heavy (non-hydrogen) atoms. The molecule has 0 amide bonds. The zero-order valence-corrected chi connectivity index (χ0v) is 15.0. The number of benzene rings is 2. The number of rotatable bonds is 2. The zero-order chi connectivity index (χ0) is 18.5. The van der Waals surface area contributed by atoms with E-state index in [1.54, 1.807) is 4.57 Å². The Bertz CT molecular complexity index is 1120. The van der Waals surface area contributed by atoms with E-state index in [-0.39, 0.29) is 18.5 Å². The number of aromatic nitrogens is 2. The summed E-state index contributed by atoms with van der Waals surface area (Å²) in [5, 5.41) is 0.763. The van der Waals surface area contributed by atoms with Crippen molar-refractivity contribution in [2.45, 2.75) is 19.9 Å². The van der Waals surface area contributed by atoms with E-state index in [0.29, 0.717) is 41.9 Å². The maximum absolute atomic E-state index is 12.8. The molecule has 2 aliphatic rings. The second-order valence-electron chi connectivity index (χ2n) is 6.76. The first-order valence-electron chi connectivity index (χ1n) is 8.88. The lowest BCUT2D eigenvalue weighted by Crippen LogP contribution is -2.26. The lowest BCUT2D eigenvalue weighted by Gasteiger charge is -2.23. The molecule has 3 aromatic rings. The summed E-state index contributed by atoms with van der Waals surface area (Å²) in [5.41, 5.74) is 1.77. The SMILES string of the molecule is CC(C)n1c(=O)nc(-c2ccc3c(c2)OCO3)c2c3c(ccc21)OCCO3. The summed E-state index contributed by atoms with van der Waals surface area (Å²) in [7, 11) is 0. The van der Waals surface area contributed by atoms with E-state index in [2.05, 4.69) is 4.98 Å². The summed E-state index contributed by atoms with van der Waals surface area (Å²) < 4.78 is 24.2. The van der Waals surface area contributed by atoms with Crippen molar-refractivity contribution in [1.29, 1.82) is 0 Å². The van der Waals surface area contributed by atoms with E-state index in [0.717, 1.165) is 16.5 Å². The van der Waals surface area contributed by atoms with E-state index in [1.807, 2.05) is 44.2 Å². The maximum Gasteiger partial charge on any atom is 0.348 e. The number of hydrogen-bond acceptors (Lipinski definition) is 6. The van der Waals surface area contributed by atoms with Gasteiger partial charge in [-0.05, 0) is 44.2 Å². The van der Waals surface area contributed by atoms with Crippen LogP contribution in [0.15, 0.2) is 35.1 Å². The van der Waals surface area contributed by atoms with Gasteiger partial charge in [-0.1, -0.05) is 0 Å². The Morgan fingerprint density at radius 3 is 2.59 bits per heavy atom. The van der Waals surface area contributed by atoms with E-state index >= 15 is 0 Å². The van der Waals surface area contributed by atoms with E-state index in [4.69, 9.17) is 18.9 Å². The topological polar surface area (TPSA) is 71.8 Å². The van der Waals surface area contributed by atoms with Gasteiger partial charge in [0.2, 0.25) is 6.79 Å². The number of nitrogens with zero attached hydrogens (tertiary/aromatic N) is 2. The van der Waals surface area contributed by atoms with Crippen LogP contribution in [0, 0.1) is 0 Å². The highest BCUT2D eigenvalue weighted by molar-refractivity contribution is 5.99. The smallest absolute Gasteiger partial charge is 0.348 e. The summed E-state index contributed by atoms with van der Waals surface area (Å²) in [4.78, 5) is 17.2. The average Bonchev–Trinajstić information content (AvgIpc) is 3.14. The summed E-state index contributed by atoms with van der Waals surface area (Å²) in [6.45, 7) is 5.05. The molecule has 0 spiro atoms. The Morgan fingerprint density at radius 2 is 1.74 bits per heavy atom. The van der Waals surface area contributed by atoms with Gasteiger partial charge in [0.1, 0.15) is 13.2 Å². The first-order valence-corrected chi connectivity index (χ1v) is 8.88. The molecule has 0 radical (unpaired) electrons. The molecule has 0 saturated carbocycles. The second kappa shape index (κ2) is 5.90. The Hall–Kier alpha value is -3.22. The molecular weight excluding hydrogens is 348 g/mol. The minimum atomic E-state index is -0.304. The fourth-order valence-electron chi connectivity index (χ4n) is 3.60. The molecular formula is C20H18N2O5. The van der Waals surface area contributed by atoms with Crippen molar-refractivity contribution in [2.24, 2.45) is 0 Å². The van der Waals surface area contributed by atoms with Gasteiger partial charge in [-0.3, -0.25) is 4.57 Å². The van der Waals surface area contributed by atoms with Gasteiger partial charge in [0.15, 0.2) is 23.0 Å². The molecule has 2 aliphatic heterocycles. The summed E-state index contributed by atoms with van der Waals surface area (Å²) in [6.07, 6.45) is 0. The van der Waals surface area contributed by atoms with Gasteiger partial charge in [-0.2, -0.15) is 4.98 Å². The van der Waals surface area contributed by atoms with Crippen LogP contribution in [-0.4, -0.2) is 29.6 Å². The molecule has 7 nitrogen and oxygen atoms in total. The number of ether oxygens (including phenoxy) is 4. The first kappa shape index (κ1) is 16.0. The Labute approximate surface area is 155 Å². The van der Waals surface area contributed by atoms with Crippen LogP contribution in [0.25, 0.3) is 22.2 Å². The van der Waals surface area contributed by atoms with Gasteiger partial charge in [-0.15, -0.1) is 0 Å². The number of hydrogen-bond donors (Lipinski definition) is 0. The van der Waals surface area contributed by atoms with Crippen LogP contribution in [0.2, 0.25) is 0 Å². The monoisotopic (exact) mass is 366 g/mol.